The highest BCUT2D eigenvalue weighted by Gasteiger charge is 2.22. The average Bonchev–Trinajstić information content (AvgIpc) is 3.08. The van der Waals surface area contributed by atoms with Crippen LogP contribution in [0.5, 0.6) is 5.75 Å². The summed E-state index contributed by atoms with van der Waals surface area (Å²) in [6.07, 6.45) is 0.528. The van der Waals surface area contributed by atoms with Crippen molar-refractivity contribution >= 4 is 22.5 Å². The molecule has 2 amide bonds. The molecule has 1 aromatic carbocycles. The molecule has 1 aromatic heterocycles. The summed E-state index contributed by atoms with van der Waals surface area (Å²) in [5, 5.41) is 8.13. The number of hydrogen-bond donors (Lipinski definition) is 2. The molecule has 2 N–H and O–H groups in total. The van der Waals surface area contributed by atoms with E-state index in [4.69, 9.17) is 9.47 Å². The predicted octanol–water partition coefficient (Wildman–Crippen LogP) is 2.24. The first-order chi connectivity index (χ1) is 13.2. The summed E-state index contributed by atoms with van der Waals surface area (Å²) in [5.41, 5.74) is 1.69. The lowest BCUT2D eigenvalue weighted by Crippen LogP contribution is -2.44. The van der Waals surface area contributed by atoms with Crippen LogP contribution in [0.15, 0.2) is 23.6 Å². The lowest BCUT2D eigenvalue weighted by Gasteiger charge is -2.26. The molecule has 7 nitrogen and oxygen atoms in total. The van der Waals surface area contributed by atoms with E-state index in [-0.39, 0.29) is 17.9 Å². The molecule has 27 heavy (non-hydrogen) atoms. The van der Waals surface area contributed by atoms with Crippen molar-refractivity contribution in [3.05, 3.63) is 40.7 Å². The van der Waals surface area contributed by atoms with Crippen molar-refractivity contribution in [2.45, 2.75) is 19.0 Å². The van der Waals surface area contributed by atoms with Crippen LogP contribution in [0.1, 0.15) is 11.3 Å². The first-order valence-electron chi connectivity index (χ1n) is 8.89. The number of hydrogen-bond acceptors (Lipinski definition) is 6. The van der Waals surface area contributed by atoms with Gasteiger partial charge < -0.3 is 14.8 Å². The number of carbonyl (C=O) groups excluding carboxylic acids is 1. The van der Waals surface area contributed by atoms with Crippen molar-refractivity contribution in [2.75, 3.05) is 38.2 Å². The summed E-state index contributed by atoms with van der Waals surface area (Å²) in [6, 6.07) is 3.88. The summed E-state index contributed by atoms with van der Waals surface area (Å²) in [5.74, 6) is 0.362. The molecular formula is C18H21FN4O3S. The number of amides is 2. The Hall–Kier alpha value is -2.23. The fourth-order valence-corrected chi connectivity index (χ4v) is 3.90. The van der Waals surface area contributed by atoms with Gasteiger partial charge >= 0.3 is 6.03 Å². The fourth-order valence-electron chi connectivity index (χ4n) is 3.20. The Balaban J connectivity index is 1.28. The zero-order valence-electron chi connectivity index (χ0n) is 14.7. The zero-order chi connectivity index (χ0) is 18.6. The molecule has 1 saturated heterocycles. The number of ether oxygens (including phenoxy) is 2. The molecule has 0 aliphatic carbocycles. The van der Waals surface area contributed by atoms with E-state index in [1.165, 1.54) is 23.5 Å². The van der Waals surface area contributed by atoms with E-state index < -0.39 is 0 Å². The second-order valence-electron chi connectivity index (χ2n) is 6.60. The third-order valence-corrected chi connectivity index (χ3v) is 5.33. The maximum atomic E-state index is 13.4. The van der Waals surface area contributed by atoms with E-state index >= 15 is 0 Å². The highest BCUT2D eigenvalue weighted by atomic mass is 32.1. The van der Waals surface area contributed by atoms with Crippen LogP contribution in [-0.4, -0.2) is 54.9 Å². The number of morpholine rings is 1. The molecule has 144 valence electrons. The van der Waals surface area contributed by atoms with Crippen molar-refractivity contribution in [1.82, 2.24) is 15.2 Å². The molecule has 1 unspecified atom stereocenters. The molecule has 0 spiro atoms. The summed E-state index contributed by atoms with van der Waals surface area (Å²) in [4.78, 5) is 19.0. The third-order valence-electron chi connectivity index (χ3n) is 4.53. The Morgan fingerprint density at radius 2 is 2.22 bits per heavy atom. The molecule has 9 heteroatoms. The minimum atomic E-state index is -0.337. The molecular weight excluding hydrogens is 371 g/mol. The summed E-state index contributed by atoms with van der Waals surface area (Å²) in [7, 11) is 0. The molecule has 2 aliphatic heterocycles. The zero-order valence-corrected chi connectivity index (χ0v) is 15.6. The van der Waals surface area contributed by atoms with E-state index in [0.29, 0.717) is 23.9 Å². The fraction of sp³-hybridized carbons (Fsp3) is 0.444. The Kier molecular flexibility index (Phi) is 5.51. The molecule has 0 bridgehead atoms. The van der Waals surface area contributed by atoms with Gasteiger partial charge in [0.05, 0.1) is 24.9 Å². The topological polar surface area (TPSA) is 75.7 Å². The van der Waals surface area contributed by atoms with Gasteiger partial charge in [0.2, 0.25) is 0 Å². The second-order valence-corrected chi connectivity index (χ2v) is 7.45. The number of anilines is 1. The van der Waals surface area contributed by atoms with Crippen LogP contribution in [-0.2, 0) is 17.7 Å². The Bertz CT molecular complexity index is 810. The number of carbonyl (C=O) groups is 1. The lowest BCUT2D eigenvalue weighted by atomic mass is 10.0. The molecule has 2 aromatic rings. The Labute approximate surface area is 160 Å². The minimum Gasteiger partial charge on any atom is -0.491 e. The summed E-state index contributed by atoms with van der Waals surface area (Å²) >= 11 is 1.40. The van der Waals surface area contributed by atoms with Crippen LogP contribution < -0.4 is 15.4 Å². The van der Waals surface area contributed by atoms with E-state index in [2.05, 4.69) is 20.5 Å². The van der Waals surface area contributed by atoms with E-state index in [1.54, 1.807) is 6.07 Å². The largest absolute Gasteiger partial charge is 0.491 e. The maximum Gasteiger partial charge on any atom is 0.321 e. The van der Waals surface area contributed by atoms with Gasteiger partial charge in [-0.25, -0.2) is 14.2 Å². The van der Waals surface area contributed by atoms with Crippen molar-refractivity contribution < 1.29 is 18.7 Å². The normalized spacial score (nSPS) is 19.8. The van der Waals surface area contributed by atoms with Crippen LogP contribution in [0.3, 0.4) is 0 Å². The lowest BCUT2D eigenvalue weighted by molar-refractivity contribution is 0.0337. The van der Waals surface area contributed by atoms with E-state index in [9.17, 15) is 9.18 Å². The monoisotopic (exact) mass is 392 g/mol. The molecule has 1 fully saturated rings. The molecule has 4 rings (SSSR count). The average molecular weight is 392 g/mol. The van der Waals surface area contributed by atoms with Crippen LogP contribution >= 0.6 is 11.3 Å². The van der Waals surface area contributed by atoms with Gasteiger partial charge in [0, 0.05) is 25.0 Å². The maximum absolute atomic E-state index is 13.4. The number of rotatable bonds is 4. The van der Waals surface area contributed by atoms with Gasteiger partial charge in [0.1, 0.15) is 18.2 Å². The van der Waals surface area contributed by atoms with Crippen LogP contribution in [0, 0.1) is 5.82 Å². The van der Waals surface area contributed by atoms with Gasteiger partial charge in [-0.05, 0) is 30.2 Å². The molecule has 3 heterocycles. The quantitative estimate of drug-likeness (QED) is 0.835. The van der Waals surface area contributed by atoms with E-state index in [1.807, 2.05) is 5.38 Å². The van der Waals surface area contributed by atoms with Crippen molar-refractivity contribution in [3.63, 3.8) is 0 Å². The first-order valence-corrected chi connectivity index (χ1v) is 9.77. The van der Waals surface area contributed by atoms with Crippen LogP contribution in [0.2, 0.25) is 0 Å². The van der Waals surface area contributed by atoms with Gasteiger partial charge in [-0.2, -0.15) is 0 Å². The molecule has 0 saturated carbocycles. The third kappa shape index (κ3) is 4.74. The van der Waals surface area contributed by atoms with Crippen molar-refractivity contribution in [1.29, 1.82) is 0 Å². The van der Waals surface area contributed by atoms with Crippen LogP contribution in [0.4, 0.5) is 14.3 Å². The van der Waals surface area contributed by atoms with Gasteiger partial charge in [-0.15, -0.1) is 11.3 Å². The number of halogens is 1. The number of thiazole rings is 1. The summed E-state index contributed by atoms with van der Waals surface area (Å²) in [6.45, 7) is 4.38. The van der Waals surface area contributed by atoms with Crippen LogP contribution in [0.25, 0.3) is 0 Å². The predicted molar refractivity (Wildman–Crippen MR) is 99.8 cm³/mol. The van der Waals surface area contributed by atoms with Gasteiger partial charge in [0.25, 0.3) is 0 Å². The SMILES string of the molecule is O=C(Nc1nc(CN2CCOCC2)cs1)NC1COc2ccc(F)cc2C1. The standard InChI is InChI=1S/C18H21FN4O3S/c19-13-1-2-16-12(7-13)8-14(10-26-16)20-17(24)22-18-21-15(11-27-18)9-23-3-5-25-6-4-23/h1-2,7,11,14H,3-6,8-10H2,(H2,20,21,22,24). The first kappa shape index (κ1) is 18.1. The van der Waals surface area contributed by atoms with Gasteiger partial charge in [-0.3, -0.25) is 10.2 Å². The van der Waals surface area contributed by atoms with Gasteiger partial charge in [0.15, 0.2) is 5.13 Å². The highest BCUT2D eigenvalue weighted by molar-refractivity contribution is 7.13. The highest BCUT2D eigenvalue weighted by Crippen LogP contribution is 2.25. The number of aromatic nitrogens is 1. The molecule has 1 atom stereocenters. The number of nitrogens with zero attached hydrogens (tertiary/aromatic N) is 2. The Morgan fingerprint density at radius 1 is 1.37 bits per heavy atom. The summed E-state index contributed by atoms with van der Waals surface area (Å²) < 4.78 is 24.3. The minimum absolute atomic E-state index is 0.216. The number of benzene rings is 1. The van der Waals surface area contributed by atoms with Crippen molar-refractivity contribution in [3.8, 4) is 5.75 Å². The number of urea groups is 1. The number of fused-ring (bicyclic) bond motifs is 1. The Morgan fingerprint density at radius 3 is 3.07 bits per heavy atom. The molecule has 0 radical (unpaired) electrons. The molecule has 2 aliphatic rings. The van der Waals surface area contributed by atoms with E-state index in [0.717, 1.165) is 44.1 Å². The number of nitrogens with one attached hydrogen (secondary N) is 2. The smallest absolute Gasteiger partial charge is 0.321 e. The van der Waals surface area contributed by atoms with Crippen molar-refractivity contribution in [2.24, 2.45) is 0 Å². The van der Waals surface area contributed by atoms with Gasteiger partial charge in [-0.1, -0.05) is 0 Å². The second kappa shape index (κ2) is 8.20.